The topological polar surface area (TPSA) is 128 Å². The highest BCUT2D eigenvalue weighted by molar-refractivity contribution is 9.10. The maximum absolute atomic E-state index is 10.1. The van der Waals surface area contributed by atoms with Crippen molar-refractivity contribution in [2.75, 3.05) is 27.8 Å². The van der Waals surface area contributed by atoms with Crippen molar-refractivity contribution in [3.63, 3.8) is 0 Å². The second kappa shape index (κ2) is 4.97. The molecule has 5 N–H and O–H groups in total. The number of nitrogen functional groups attached to an aromatic ring is 1. The predicted octanol–water partition coefficient (Wildman–Crippen LogP) is -1.61. The lowest BCUT2D eigenvalue weighted by Gasteiger charge is -2.27. The molecule has 1 aromatic heterocycles. The largest absolute Gasteiger partial charge is 0.394 e. The predicted molar refractivity (Wildman–Crippen MR) is 73.0 cm³/mol. The highest BCUT2D eigenvalue weighted by atomic mass is 79.9. The van der Waals surface area contributed by atoms with Crippen LogP contribution in [0.2, 0.25) is 0 Å². The van der Waals surface area contributed by atoms with Crippen LogP contribution in [0, 0.1) is 0 Å². The number of nitrogens with two attached hydrogens (primary N) is 1. The fourth-order valence-corrected chi connectivity index (χ4v) is 3.02. The summed E-state index contributed by atoms with van der Waals surface area (Å²) in [4.78, 5) is 9.68. The summed E-state index contributed by atoms with van der Waals surface area (Å²) in [6.07, 6.45) is -2.65. The highest BCUT2D eigenvalue weighted by Crippen LogP contribution is 2.42. The van der Waals surface area contributed by atoms with Crippen molar-refractivity contribution in [1.29, 1.82) is 0 Å². The molecular weight excluding hydrogens is 334 g/mol. The molecule has 4 atom stereocenters. The third kappa shape index (κ3) is 1.91. The Bertz CT molecular complexity index is 520. The first-order chi connectivity index (χ1) is 9.54. The van der Waals surface area contributed by atoms with Gasteiger partial charge in [-0.1, -0.05) is 0 Å². The molecule has 0 radical (unpaired) electrons. The van der Waals surface area contributed by atoms with Gasteiger partial charge in [-0.05, 0) is 0 Å². The summed E-state index contributed by atoms with van der Waals surface area (Å²) in [6, 6.07) is 0. The van der Waals surface area contributed by atoms with Gasteiger partial charge in [0.25, 0.3) is 0 Å². The number of aliphatic hydroxyl groups is 3. The lowest BCUT2D eigenvalue weighted by atomic mass is 10.1. The van der Waals surface area contributed by atoms with Crippen LogP contribution >= 0.6 is 16.1 Å². The Kier molecular flexibility index (Phi) is 3.42. The number of nitrogens with zero attached hydrogens (tertiary/aromatic N) is 4. The fraction of sp³-hybridized carbons (Fsp3) is 0.600. The molecule has 0 aromatic carbocycles. The Labute approximate surface area is 122 Å². The van der Waals surface area contributed by atoms with E-state index in [1.165, 1.54) is 6.33 Å². The van der Waals surface area contributed by atoms with Crippen LogP contribution in [0.25, 0.3) is 0 Å². The molecule has 3 heterocycles. The number of halogens is 1. The van der Waals surface area contributed by atoms with Crippen molar-refractivity contribution in [2.45, 2.75) is 24.5 Å². The number of anilines is 3. The Hall–Kier alpha value is -1.20. The van der Waals surface area contributed by atoms with Crippen LogP contribution in [0.5, 0.6) is 0 Å². The number of ether oxygens (including phenoxy) is 1. The van der Waals surface area contributed by atoms with Crippen molar-refractivity contribution >= 4 is 33.5 Å². The number of fused-ring (bicyclic) bond motifs is 1. The first-order valence-corrected chi connectivity index (χ1v) is 6.68. The van der Waals surface area contributed by atoms with Crippen LogP contribution < -0.4 is 14.6 Å². The highest BCUT2D eigenvalue weighted by Gasteiger charge is 2.48. The van der Waals surface area contributed by atoms with Gasteiger partial charge in [-0.2, -0.15) is 0 Å². The third-order valence-electron chi connectivity index (χ3n) is 3.45. The lowest BCUT2D eigenvalue weighted by molar-refractivity contribution is -0.0220. The summed E-state index contributed by atoms with van der Waals surface area (Å²) in [5.74, 6) is 0.783. The van der Waals surface area contributed by atoms with Crippen molar-refractivity contribution in [2.24, 2.45) is 0 Å². The first kappa shape index (κ1) is 13.8. The monoisotopic (exact) mass is 347 g/mol. The second-order valence-corrected chi connectivity index (χ2v) is 5.49. The molecule has 1 fully saturated rings. The molecule has 20 heavy (non-hydrogen) atoms. The molecule has 2 aliphatic rings. The summed E-state index contributed by atoms with van der Waals surface area (Å²) in [7, 11) is 0. The van der Waals surface area contributed by atoms with E-state index in [-0.39, 0.29) is 6.61 Å². The van der Waals surface area contributed by atoms with E-state index in [4.69, 9.17) is 15.6 Å². The van der Waals surface area contributed by atoms with Crippen molar-refractivity contribution in [1.82, 2.24) is 9.97 Å². The van der Waals surface area contributed by atoms with Gasteiger partial charge in [0.15, 0.2) is 17.9 Å². The minimum atomic E-state index is -1.16. The zero-order chi connectivity index (χ0) is 14.4. The molecule has 10 heteroatoms. The van der Waals surface area contributed by atoms with Crippen molar-refractivity contribution in [3.8, 4) is 0 Å². The average molecular weight is 348 g/mol. The van der Waals surface area contributed by atoms with Crippen LogP contribution in [-0.4, -0.2) is 63.1 Å². The van der Waals surface area contributed by atoms with E-state index in [1.54, 1.807) is 8.83 Å². The third-order valence-corrected chi connectivity index (χ3v) is 4.03. The van der Waals surface area contributed by atoms with Gasteiger partial charge in [0, 0.05) is 0 Å². The van der Waals surface area contributed by atoms with Gasteiger partial charge in [0.1, 0.15) is 37.0 Å². The Morgan fingerprint density at radius 3 is 2.80 bits per heavy atom. The average Bonchev–Trinajstić information content (AvgIpc) is 2.90. The first-order valence-electron chi connectivity index (χ1n) is 5.97. The fourth-order valence-electron chi connectivity index (χ4n) is 2.44. The SMILES string of the molecule is Nc1ncnc2c1N(Br)CN2[C@@H]1O[C@H](CO)C(O)C1O. The molecule has 3 rings (SSSR count). The molecule has 0 bridgehead atoms. The van der Waals surface area contributed by atoms with Gasteiger partial charge in [-0.25, -0.2) is 9.97 Å². The van der Waals surface area contributed by atoms with E-state index in [2.05, 4.69) is 26.1 Å². The number of aromatic nitrogens is 2. The number of hydrogen-bond donors (Lipinski definition) is 4. The van der Waals surface area contributed by atoms with Gasteiger partial charge in [0.05, 0.1) is 22.8 Å². The normalized spacial score (nSPS) is 32.8. The van der Waals surface area contributed by atoms with Crippen LogP contribution in [0.1, 0.15) is 0 Å². The standard InChI is InChI=1S/C10H14BrN5O4/c11-16-3-15(9-5(16)8(12)13-2-14-9)10-7(19)6(18)4(1-17)20-10/h2,4,6-7,10,17-19H,1,3H2,(H2,12,13,14)/t4-,6?,7?,10-/m1/s1. The Balaban J connectivity index is 1.93. The summed E-state index contributed by atoms with van der Waals surface area (Å²) in [6.45, 7) is -0.0653. The zero-order valence-corrected chi connectivity index (χ0v) is 11.9. The molecule has 2 unspecified atom stereocenters. The summed E-state index contributed by atoms with van der Waals surface area (Å²) < 4.78 is 7.14. The van der Waals surface area contributed by atoms with Crippen molar-refractivity contribution < 1.29 is 20.1 Å². The maximum Gasteiger partial charge on any atom is 0.162 e. The van der Waals surface area contributed by atoms with E-state index in [0.717, 1.165) is 0 Å². The van der Waals surface area contributed by atoms with E-state index in [0.29, 0.717) is 24.0 Å². The molecule has 0 spiro atoms. The summed E-state index contributed by atoms with van der Waals surface area (Å²) in [5, 5.41) is 29.0. The van der Waals surface area contributed by atoms with Gasteiger partial charge < -0.3 is 30.7 Å². The van der Waals surface area contributed by atoms with Gasteiger partial charge >= 0.3 is 0 Å². The quantitative estimate of drug-likeness (QED) is 0.467. The van der Waals surface area contributed by atoms with Crippen LogP contribution in [0.15, 0.2) is 6.33 Å². The second-order valence-electron chi connectivity index (χ2n) is 4.63. The van der Waals surface area contributed by atoms with Gasteiger partial charge in [-0.3, -0.25) is 3.93 Å². The lowest BCUT2D eigenvalue weighted by Crippen LogP contribution is -2.45. The molecule has 110 valence electrons. The van der Waals surface area contributed by atoms with E-state index in [1.807, 2.05) is 0 Å². The maximum atomic E-state index is 10.1. The Morgan fingerprint density at radius 1 is 1.40 bits per heavy atom. The smallest absolute Gasteiger partial charge is 0.162 e. The van der Waals surface area contributed by atoms with Crippen LogP contribution in [0.4, 0.5) is 17.3 Å². The van der Waals surface area contributed by atoms with Gasteiger partial charge in [0.2, 0.25) is 0 Å². The zero-order valence-electron chi connectivity index (χ0n) is 10.3. The molecule has 0 amide bonds. The van der Waals surface area contributed by atoms with E-state index >= 15 is 0 Å². The molecular formula is C10H14BrN5O4. The summed E-state index contributed by atoms with van der Waals surface area (Å²) >= 11 is 3.33. The molecule has 2 aliphatic heterocycles. The molecule has 0 saturated carbocycles. The van der Waals surface area contributed by atoms with E-state index < -0.39 is 24.5 Å². The summed E-state index contributed by atoms with van der Waals surface area (Å²) in [5.41, 5.74) is 6.37. The molecule has 9 nitrogen and oxygen atoms in total. The van der Waals surface area contributed by atoms with Crippen LogP contribution in [-0.2, 0) is 4.74 Å². The number of hydrogen-bond acceptors (Lipinski definition) is 9. The van der Waals surface area contributed by atoms with Crippen molar-refractivity contribution in [3.05, 3.63) is 6.33 Å². The van der Waals surface area contributed by atoms with E-state index in [9.17, 15) is 10.2 Å². The molecule has 0 aliphatic carbocycles. The van der Waals surface area contributed by atoms with Crippen LogP contribution in [0.3, 0.4) is 0 Å². The number of aliphatic hydroxyl groups excluding tert-OH is 3. The number of rotatable bonds is 2. The molecule has 1 aromatic rings. The minimum Gasteiger partial charge on any atom is -0.394 e. The Morgan fingerprint density at radius 2 is 2.15 bits per heavy atom. The minimum absolute atomic E-state index is 0.293. The molecule has 1 saturated heterocycles. The van der Waals surface area contributed by atoms with Gasteiger partial charge in [-0.15, -0.1) is 0 Å².